The van der Waals surface area contributed by atoms with Crippen LogP contribution in [-0.4, -0.2) is 47.6 Å². The summed E-state index contributed by atoms with van der Waals surface area (Å²) in [6, 6.07) is 22.2. The summed E-state index contributed by atoms with van der Waals surface area (Å²) < 4.78 is 35.6. The number of amides is 1. The number of rotatable bonds is 9. The summed E-state index contributed by atoms with van der Waals surface area (Å²) in [6.07, 6.45) is 1.76. The molecule has 200 valence electrons. The maximum absolute atomic E-state index is 13.7. The van der Waals surface area contributed by atoms with Gasteiger partial charge in [-0.3, -0.25) is 4.79 Å². The minimum absolute atomic E-state index is 0.0250. The highest BCUT2D eigenvalue weighted by atomic mass is 32.2. The summed E-state index contributed by atoms with van der Waals surface area (Å²) in [5.74, 6) is 0.783. The third-order valence-corrected chi connectivity index (χ3v) is 8.72. The molecule has 2 fully saturated rings. The van der Waals surface area contributed by atoms with Gasteiger partial charge < -0.3 is 19.9 Å². The van der Waals surface area contributed by atoms with Gasteiger partial charge in [0, 0.05) is 49.5 Å². The molecule has 0 spiro atoms. The Kier molecular flexibility index (Phi) is 7.58. The number of anilines is 3. The third-order valence-electron chi connectivity index (χ3n) is 7.15. The zero-order valence-corrected chi connectivity index (χ0v) is 22.6. The Hall–Kier alpha value is -3.56. The van der Waals surface area contributed by atoms with Crippen molar-refractivity contribution >= 4 is 33.0 Å². The number of nitrogens with one attached hydrogen (secondary N) is 2. The van der Waals surface area contributed by atoms with E-state index in [9.17, 15) is 13.2 Å². The van der Waals surface area contributed by atoms with Crippen molar-refractivity contribution in [3.05, 3.63) is 78.4 Å². The molecule has 1 amide bonds. The smallest absolute Gasteiger partial charge is 0.243 e. The molecule has 5 rings (SSSR count). The largest absolute Gasteiger partial charge is 0.497 e. The molecule has 3 aromatic carbocycles. The van der Waals surface area contributed by atoms with E-state index >= 15 is 0 Å². The molecule has 1 unspecified atom stereocenters. The van der Waals surface area contributed by atoms with Gasteiger partial charge in [0.15, 0.2) is 0 Å². The van der Waals surface area contributed by atoms with Crippen molar-refractivity contribution < 1.29 is 17.9 Å². The van der Waals surface area contributed by atoms with Crippen LogP contribution in [0.25, 0.3) is 0 Å². The summed E-state index contributed by atoms with van der Waals surface area (Å²) in [4.78, 5) is 17.0. The molecule has 2 N–H and O–H groups in total. The lowest BCUT2D eigenvalue weighted by molar-refractivity contribution is -0.117. The van der Waals surface area contributed by atoms with Crippen LogP contribution in [0.5, 0.6) is 5.75 Å². The molecule has 2 aliphatic rings. The molecule has 3 aromatic rings. The molecular formula is C29H34N4O4S. The minimum Gasteiger partial charge on any atom is -0.497 e. The second-order valence-corrected chi connectivity index (χ2v) is 11.6. The second-order valence-electron chi connectivity index (χ2n) is 9.87. The fraction of sp³-hybridized carbons (Fsp3) is 0.345. The average Bonchev–Trinajstić information content (AvgIpc) is 3.79. The van der Waals surface area contributed by atoms with Crippen LogP contribution in [0, 0.1) is 5.92 Å². The Morgan fingerprint density at radius 2 is 1.58 bits per heavy atom. The molecule has 9 heteroatoms. The van der Waals surface area contributed by atoms with Gasteiger partial charge in [-0.2, -0.15) is 0 Å². The van der Waals surface area contributed by atoms with E-state index in [4.69, 9.17) is 4.74 Å². The highest BCUT2D eigenvalue weighted by Crippen LogP contribution is 2.34. The Morgan fingerprint density at radius 3 is 2.21 bits per heavy atom. The maximum Gasteiger partial charge on any atom is 0.243 e. The van der Waals surface area contributed by atoms with Crippen molar-refractivity contribution in [3.8, 4) is 5.75 Å². The van der Waals surface area contributed by atoms with E-state index in [0.717, 1.165) is 42.9 Å². The molecule has 1 heterocycles. The van der Waals surface area contributed by atoms with Crippen molar-refractivity contribution in [1.82, 2.24) is 4.72 Å². The number of hydrogen-bond donors (Lipinski definition) is 2. The summed E-state index contributed by atoms with van der Waals surface area (Å²) >= 11 is 0. The number of benzene rings is 3. The van der Waals surface area contributed by atoms with Crippen LogP contribution in [0.3, 0.4) is 0 Å². The normalized spacial score (nSPS) is 16.7. The van der Waals surface area contributed by atoms with E-state index in [2.05, 4.69) is 19.8 Å². The summed E-state index contributed by atoms with van der Waals surface area (Å²) in [6.45, 7) is 4.66. The monoisotopic (exact) mass is 534 g/mol. The molecule has 8 nitrogen and oxygen atoms in total. The molecule has 1 aliphatic heterocycles. The molecule has 1 saturated carbocycles. The van der Waals surface area contributed by atoms with E-state index in [1.807, 2.05) is 67.6 Å². The molecule has 1 aliphatic carbocycles. The predicted octanol–water partition coefficient (Wildman–Crippen LogP) is 4.41. The van der Waals surface area contributed by atoms with Crippen LogP contribution in [0.2, 0.25) is 0 Å². The number of ether oxygens (including phenoxy) is 1. The highest BCUT2D eigenvalue weighted by Gasteiger charge is 2.31. The fourth-order valence-corrected chi connectivity index (χ4v) is 6.25. The Balaban J connectivity index is 1.38. The Bertz CT molecular complexity index is 1370. The van der Waals surface area contributed by atoms with Gasteiger partial charge in [0.1, 0.15) is 10.6 Å². The Labute approximate surface area is 224 Å². The van der Waals surface area contributed by atoms with E-state index in [0.29, 0.717) is 24.5 Å². The average molecular weight is 535 g/mol. The lowest BCUT2D eigenvalue weighted by atomic mass is 10.1. The summed E-state index contributed by atoms with van der Waals surface area (Å²) in [5.41, 5.74) is 3.12. The van der Waals surface area contributed by atoms with Crippen molar-refractivity contribution in [3.63, 3.8) is 0 Å². The van der Waals surface area contributed by atoms with E-state index in [-0.39, 0.29) is 16.7 Å². The van der Waals surface area contributed by atoms with Crippen LogP contribution in [0.15, 0.2) is 77.7 Å². The van der Waals surface area contributed by atoms with Gasteiger partial charge in [0.25, 0.3) is 0 Å². The van der Waals surface area contributed by atoms with E-state index in [1.54, 1.807) is 19.2 Å². The minimum atomic E-state index is -3.89. The quantitative estimate of drug-likeness (QED) is 0.423. The van der Waals surface area contributed by atoms with Gasteiger partial charge in [-0.1, -0.05) is 30.3 Å². The van der Waals surface area contributed by atoms with Gasteiger partial charge in [0.2, 0.25) is 15.9 Å². The topological polar surface area (TPSA) is 91.0 Å². The van der Waals surface area contributed by atoms with Crippen molar-refractivity contribution in [2.24, 2.45) is 5.92 Å². The molecule has 1 saturated heterocycles. The fourth-order valence-electron chi connectivity index (χ4n) is 4.76. The van der Waals surface area contributed by atoms with E-state index < -0.39 is 16.1 Å². The van der Waals surface area contributed by atoms with Gasteiger partial charge >= 0.3 is 0 Å². The van der Waals surface area contributed by atoms with Crippen LogP contribution < -0.4 is 24.6 Å². The molecule has 0 aromatic heterocycles. The highest BCUT2D eigenvalue weighted by molar-refractivity contribution is 7.89. The second kappa shape index (κ2) is 11.0. The maximum atomic E-state index is 13.7. The van der Waals surface area contributed by atoms with Crippen molar-refractivity contribution in [1.29, 1.82) is 0 Å². The standard InChI is InChI=1S/C29H34N4O4S/c1-21(22-6-4-3-5-7-22)31-38(35,36)28-20-24(30-29(34)23-8-9-23)10-15-27(28)33-18-16-32(17-19-33)25-11-13-26(37-2)14-12-25/h3-7,10-15,20-21,23,31H,8-9,16-19H2,1-2H3,(H,30,34). The number of carbonyl (C=O) groups excluding carboxylic acids is 1. The van der Waals surface area contributed by atoms with Crippen LogP contribution in [0.1, 0.15) is 31.4 Å². The van der Waals surface area contributed by atoms with Gasteiger partial charge in [0.05, 0.1) is 12.8 Å². The Morgan fingerprint density at radius 1 is 0.921 bits per heavy atom. The molecular weight excluding hydrogens is 500 g/mol. The zero-order chi connectivity index (χ0) is 26.7. The van der Waals surface area contributed by atoms with Crippen LogP contribution in [-0.2, 0) is 14.8 Å². The first-order chi connectivity index (χ1) is 18.3. The molecule has 0 bridgehead atoms. The van der Waals surface area contributed by atoms with Crippen LogP contribution in [0.4, 0.5) is 17.1 Å². The van der Waals surface area contributed by atoms with Crippen molar-refractivity contribution in [2.45, 2.75) is 30.7 Å². The number of sulfonamides is 1. The molecule has 0 radical (unpaired) electrons. The first kappa shape index (κ1) is 26.1. The zero-order valence-electron chi connectivity index (χ0n) is 21.8. The summed E-state index contributed by atoms with van der Waals surface area (Å²) in [5, 5.41) is 2.90. The predicted molar refractivity (Wildman–Crippen MR) is 150 cm³/mol. The lowest BCUT2D eigenvalue weighted by Gasteiger charge is -2.38. The number of carbonyl (C=O) groups is 1. The first-order valence-corrected chi connectivity index (χ1v) is 14.5. The number of methoxy groups -OCH3 is 1. The van der Waals surface area contributed by atoms with Crippen LogP contribution >= 0.6 is 0 Å². The van der Waals surface area contributed by atoms with Gasteiger partial charge in [-0.05, 0) is 67.8 Å². The van der Waals surface area contributed by atoms with Gasteiger partial charge in [-0.25, -0.2) is 13.1 Å². The molecule has 1 atom stereocenters. The first-order valence-electron chi connectivity index (χ1n) is 13.0. The van der Waals surface area contributed by atoms with Crippen molar-refractivity contribution in [2.75, 3.05) is 48.4 Å². The van der Waals surface area contributed by atoms with Gasteiger partial charge in [-0.15, -0.1) is 0 Å². The number of nitrogens with zero attached hydrogens (tertiary/aromatic N) is 2. The number of hydrogen-bond acceptors (Lipinski definition) is 6. The van der Waals surface area contributed by atoms with E-state index in [1.165, 1.54) is 0 Å². The SMILES string of the molecule is COc1ccc(N2CCN(c3ccc(NC(=O)C4CC4)cc3S(=O)(=O)NC(C)c3ccccc3)CC2)cc1. The molecule has 38 heavy (non-hydrogen) atoms. The number of piperazine rings is 1. The summed E-state index contributed by atoms with van der Waals surface area (Å²) in [7, 11) is -2.24. The third kappa shape index (κ3) is 5.95. The lowest BCUT2D eigenvalue weighted by Crippen LogP contribution is -2.47.